The third-order valence-electron chi connectivity index (χ3n) is 5.48. The molecular formula is C24H26N4O3. The number of nitrogen functional groups attached to an aromatic ring is 1. The van der Waals surface area contributed by atoms with E-state index in [9.17, 15) is 9.59 Å². The molecule has 0 bridgehead atoms. The molecule has 1 aliphatic heterocycles. The molecule has 1 atom stereocenters. The number of benzene rings is 2. The Balaban J connectivity index is 1.43. The fourth-order valence-electron chi connectivity index (χ4n) is 3.76. The summed E-state index contributed by atoms with van der Waals surface area (Å²) in [4.78, 5) is 30.8. The summed E-state index contributed by atoms with van der Waals surface area (Å²) < 4.78 is 5.95. The molecule has 0 aliphatic carbocycles. The van der Waals surface area contributed by atoms with Gasteiger partial charge in [0.1, 0.15) is 11.6 Å². The van der Waals surface area contributed by atoms with Gasteiger partial charge in [0.2, 0.25) is 5.91 Å². The average molecular weight is 418 g/mol. The Morgan fingerprint density at radius 3 is 2.74 bits per heavy atom. The molecule has 3 N–H and O–H groups in total. The highest BCUT2D eigenvalue weighted by Gasteiger charge is 2.21. The number of carbonyl (C=O) groups excluding carboxylic acids is 2. The van der Waals surface area contributed by atoms with Crippen LogP contribution in [0, 0.1) is 0 Å². The normalized spacial score (nSPS) is 15.0. The summed E-state index contributed by atoms with van der Waals surface area (Å²) in [7, 11) is 0. The molecule has 160 valence electrons. The molecule has 3 aromatic rings. The van der Waals surface area contributed by atoms with Crippen LogP contribution in [-0.2, 0) is 9.59 Å². The fourth-order valence-corrected chi connectivity index (χ4v) is 3.76. The van der Waals surface area contributed by atoms with Gasteiger partial charge in [0, 0.05) is 35.9 Å². The number of fused-ring (bicyclic) bond motifs is 1. The number of anilines is 3. The first-order valence-electron chi connectivity index (χ1n) is 10.6. The first kappa shape index (κ1) is 20.7. The number of amides is 2. The van der Waals surface area contributed by atoms with Crippen LogP contribution in [0.25, 0.3) is 10.8 Å². The monoisotopic (exact) mass is 418 g/mol. The van der Waals surface area contributed by atoms with Crippen LogP contribution < -0.4 is 20.7 Å². The second-order valence-corrected chi connectivity index (χ2v) is 7.63. The molecule has 1 aliphatic rings. The number of rotatable bonds is 6. The summed E-state index contributed by atoms with van der Waals surface area (Å²) in [6, 6.07) is 14.7. The lowest BCUT2D eigenvalue weighted by atomic mass is 10.1. The number of nitrogens with one attached hydrogen (secondary N) is 1. The zero-order valence-corrected chi connectivity index (χ0v) is 17.5. The Kier molecular flexibility index (Phi) is 6.02. The smallest absolute Gasteiger partial charge is 0.265 e. The van der Waals surface area contributed by atoms with E-state index >= 15 is 0 Å². The standard InChI is InChI=1S/C24H26N4O3/c1-2-21(31-19-11-6-16-12-13-26-23(25)20(16)15-19)24(30)27-17-7-9-18(10-8-17)28-14-4-3-5-22(28)29/h6-13,15,21H,2-5,14H2,1H3,(H2,25,26)(H,27,30). The Morgan fingerprint density at radius 2 is 2.00 bits per heavy atom. The van der Waals surface area contributed by atoms with Crippen molar-refractivity contribution in [3.05, 3.63) is 54.7 Å². The third kappa shape index (κ3) is 4.60. The quantitative estimate of drug-likeness (QED) is 0.627. The van der Waals surface area contributed by atoms with Crippen molar-refractivity contribution in [2.24, 2.45) is 0 Å². The summed E-state index contributed by atoms with van der Waals surface area (Å²) in [6.45, 7) is 2.63. The number of pyridine rings is 1. The third-order valence-corrected chi connectivity index (χ3v) is 5.48. The minimum Gasteiger partial charge on any atom is -0.481 e. The molecule has 1 fully saturated rings. The molecule has 1 aromatic heterocycles. The van der Waals surface area contributed by atoms with E-state index in [0.29, 0.717) is 30.1 Å². The molecule has 1 unspecified atom stereocenters. The van der Waals surface area contributed by atoms with Gasteiger partial charge in [-0.3, -0.25) is 9.59 Å². The maximum Gasteiger partial charge on any atom is 0.265 e. The van der Waals surface area contributed by atoms with Crippen LogP contribution in [0.5, 0.6) is 5.75 Å². The molecule has 2 heterocycles. The molecule has 0 spiro atoms. The number of hydrogen-bond donors (Lipinski definition) is 2. The van der Waals surface area contributed by atoms with Crippen LogP contribution in [0.4, 0.5) is 17.2 Å². The number of hydrogen-bond acceptors (Lipinski definition) is 5. The van der Waals surface area contributed by atoms with Crippen LogP contribution in [0.15, 0.2) is 54.7 Å². The lowest BCUT2D eigenvalue weighted by Crippen LogP contribution is -2.35. The van der Waals surface area contributed by atoms with Crippen molar-refractivity contribution in [3.63, 3.8) is 0 Å². The van der Waals surface area contributed by atoms with Crippen molar-refractivity contribution in [2.75, 3.05) is 22.5 Å². The van der Waals surface area contributed by atoms with Crippen LogP contribution in [0.3, 0.4) is 0 Å². The minimum atomic E-state index is -0.654. The lowest BCUT2D eigenvalue weighted by Gasteiger charge is -2.27. The van der Waals surface area contributed by atoms with Crippen molar-refractivity contribution < 1.29 is 14.3 Å². The van der Waals surface area contributed by atoms with E-state index in [4.69, 9.17) is 10.5 Å². The molecule has 0 radical (unpaired) electrons. The van der Waals surface area contributed by atoms with Crippen molar-refractivity contribution in [3.8, 4) is 5.75 Å². The fraction of sp³-hybridized carbons (Fsp3) is 0.292. The van der Waals surface area contributed by atoms with Gasteiger partial charge in [-0.2, -0.15) is 0 Å². The van der Waals surface area contributed by atoms with Gasteiger partial charge in [0.15, 0.2) is 6.10 Å². The van der Waals surface area contributed by atoms with Gasteiger partial charge < -0.3 is 20.7 Å². The van der Waals surface area contributed by atoms with Crippen molar-refractivity contribution in [2.45, 2.75) is 38.7 Å². The van der Waals surface area contributed by atoms with Gasteiger partial charge in [0.25, 0.3) is 5.91 Å². The van der Waals surface area contributed by atoms with Gasteiger partial charge in [-0.1, -0.05) is 13.0 Å². The van der Waals surface area contributed by atoms with Crippen LogP contribution >= 0.6 is 0 Å². The van der Waals surface area contributed by atoms with Crippen molar-refractivity contribution in [1.82, 2.24) is 4.98 Å². The first-order valence-corrected chi connectivity index (χ1v) is 10.6. The second-order valence-electron chi connectivity index (χ2n) is 7.63. The minimum absolute atomic E-state index is 0.147. The number of nitrogens with zero attached hydrogens (tertiary/aromatic N) is 2. The molecule has 2 aromatic carbocycles. The zero-order chi connectivity index (χ0) is 21.8. The number of piperidine rings is 1. The molecule has 4 rings (SSSR count). The number of nitrogens with two attached hydrogens (primary N) is 1. The van der Waals surface area contributed by atoms with Gasteiger partial charge in [0.05, 0.1) is 0 Å². The molecule has 7 nitrogen and oxygen atoms in total. The largest absolute Gasteiger partial charge is 0.481 e. The molecule has 7 heteroatoms. The Labute approximate surface area is 181 Å². The predicted octanol–water partition coefficient (Wildman–Crippen LogP) is 4.13. The van der Waals surface area contributed by atoms with E-state index in [1.165, 1.54) is 0 Å². The van der Waals surface area contributed by atoms with E-state index in [1.807, 2.05) is 49.4 Å². The number of aromatic nitrogens is 1. The molecule has 2 amide bonds. The number of ether oxygens (including phenoxy) is 1. The summed E-state index contributed by atoms with van der Waals surface area (Å²) in [6.07, 6.45) is 4.06. The molecule has 0 saturated carbocycles. The summed E-state index contributed by atoms with van der Waals surface area (Å²) in [5.74, 6) is 0.901. The van der Waals surface area contributed by atoms with Gasteiger partial charge in [-0.15, -0.1) is 0 Å². The average Bonchev–Trinajstić information content (AvgIpc) is 2.79. The van der Waals surface area contributed by atoms with E-state index < -0.39 is 6.10 Å². The SMILES string of the molecule is CCC(Oc1ccc2ccnc(N)c2c1)C(=O)Nc1ccc(N2CCCCC2=O)cc1. The van der Waals surface area contributed by atoms with Crippen LogP contribution in [0.1, 0.15) is 32.6 Å². The summed E-state index contributed by atoms with van der Waals surface area (Å²) in [5, 5.41) is 4.65. The zero-order valence-electron chi connectivity index (χ0n) is 17.5. The summed E-state index contributed by atoms with van der Waals surface area (Å²) >= 11 is 0. The maximum absolute atomic E-state index is 12.8. The molecular weight excluding hydrogens is 392 g/mol. The lowest BCUT2D eigenvalue weighted by molar-refractivity contribution is -0.123. The second kappa shape index (κ2) is 9.04. The van der Waals surface area contributed by atoms with E-state index in [0.717, 1.165) is 35.8 Å². The predicted molar refractivity (Wildman–Crippen MR) is 122 cm³/mol. The molecule has 1 saturated heterocycles. The van der Waals surface area contributed by atoms with Crippen LogP contribution in [-0.4, -0.2) is 29.4 Å². The first-order chi connectivity index (χ1) is 15.0. The van der Waals surface area contributed by atoms with E-state index in [-0.39, 0.29) is 11.8 Å². The Morgan fingerprint density at radius 1 is 1.19 bits per heavy atom. The van der Waals surface area contributed by atoms with Gasteiger partial charge >= 0.3 is 0 Å². The van der Waals surface area contributed by atoms with Crippen molar-refractivity contribution >= 4 is 39.8 Å². The maximum atomic E-state index is 12.8. The number of carbonyl (C=O) groups is 2. The highest BCUT2D eigenvalue weighted by atomic mass is 16.5. The van der Waals surface area contributed by atoms with E-state index in [1.54, 1.807) is 17.2 Å². The molecule has 31 heavy (non-hydrogen) atoms. The summed E-state index contributed by atoms with van der Waals surface area (Å²) in [5.41, 5.74) is 7.47. The Bertz CT molecular complexity index is 1100. The van der Waals surface area contributed by atoms with Crippen molar-refractivity contribution in [1.29, 1.82) is 0 Å². The van der Waals surface area contributed by atoms with Gasteiger partial charge in [-0.05, 0) is 67.1 Å². The highest BCUT2D eigenvalue weighted by molar-refractivity contribution is 5.96. The highest BCUT2D eigenvalue weighted by Crippen LogP contribution is 2.26. The topological polar surface area (TPSA) is 97.6 Å². The van der Waals surface area contributed by atoms with Gasteiger partial charge in [-0.25, -0.2) is 4.98 Å². The van der Waals surface area contributed by atoms with E-state index in [2.05, 4.69) is 10.3 Å². The van der Waals surface area contributed by atoms with Crippen LogP contribution in [0.2, 0.25) is 0 Å². The Hall–Kier alpha value is -3.61.